The number of carbonyl (C=O) groups excluding carboxylic acids is 1. The highest BCUT2D eigenvalue weighted by molar-refractivity contribution is 5.70. The standard InChI is InChI=1S/C18H21NO3/c1-2-21-18(20)12-16(19)15-10-6-7-11-17(15)22-13-14-8-4-3-5-9-14/h3-11,16H,2,12-13,19H2,1H3/t16-/m0/s1. The Labute approximate surface area is 130 Å². The van der Waals surface area contributed by atoms with Crippen molar-refractivity contribution in [1.29, 1.82) is 0 Å². The highest BCUT2D eigenvalue weighted by Crippen LogP contribution is 2.26. The predicted molar refractivity (Wildman–Crippen MR) is 85.4 cm³/mol. The highest BCUT2D eigenvalue weighted by Gasteiger charge is 2.16. The molecule has 0 bridgehead atoms. The number of hydrogen-bond donors (Lipinski definition) is 1. The van der Waals surface area contributed by atoms with Crippen LogP contribution in [0.2, 0.25) is 0 Å². The van der Waals surface area contributed by atoms with E-state index < -0.39 is 6.04 Å². The molecule has 2 rings (SSSR count). The Morgan fingerprint density at radius 1 is 1.09 bits per heavy atom. The van der Waals surface area contributed by atoms with Crippen molar-refractivity contribution in [1.82, 2.24) is 0 Å². The summed E-state index contributed by atoms with van der Waals surface area (Å²) in [7, 11) is 0. The average Bonchev–Trinajstić information content (AvgIpc) is 2.54. The molecule has 0 amide bonds. The number of rotatable bonds is 7. The smallest absolute Gasteiger partial charge is 0.307 e. The second-order valence-corrected chi connectivity index (χ2v) is 4.93. The fraction of sp³-hybridized carbons (Fsp3) is 0.278. The first-order chi connectivity index (χ1) is 10.7. The van der Waals surface area contributed by atoms with E-state index in [9.17, 15) is 4.79 Å². The molecular weight excluding hydrogens is 278 g/mol. The van der Waals surface area contributed by atoms with Gasteiger partial charge in [0.25, 0.3) is 0 Å². The van der Waals surface area contributed by atoms with Crippen molar-refractivity contribution in [3.8, 4) is 5.75 Å². The van der Waals surface area contributed by atoms with Crippen LogP contribution < -0.4 is 10.5 Å². The third kappa shape index (κ3) is 4.60. The molecule has 0 saturated heterocycles. The maximum atomic E-state index is 11.6. The minimum atomic E-state index is -0.439. The largest absolute Gasteiger partial charge is 0.489 e. The Kier molecular flexibility index (Phi) is 5.98. The number of esters is 1. The molecule has 4 heteroatoms. The topological polar surface area (TPSA) is 61.5 Å². The average molecular weight is 299 g/mol. The molecule has 0 aromatic heterocycles. The summed E-state index contributed by atoms with van der Waals surface area (Å²) in [4.78, 5) is 11.6. The van der Waals surface area contributed by atoms with E-state index >= 15 is 0 Å². The molecule has 0 saturated carbocycles. The molecule has 0 aliphatic carbocycles. The summed E-state index contributed by atoms with van der Waals surface area (Å²) in [6.07, 6.45) is 0.138. The van der Waals surface area contributed by atoms with E-state index in [1.807, 2.05) is 54.6 Å². The second-order valence-electron chi connectivity index (χ2n) is 4.93. The van der Waals surface area contributed by atoms with Gasteiger partial charge in [-0.1, -0.05) is 48.5 Å². The summed E-state index contributed by atoms with van der Waals surface area (Å²) >= 11 is 0. The molecule has 116 valence electrons. The third-order valence-electron chi connectivity index (χ3n) is 3.25. The summed E-state index contributed by atoms with van der Waals surface area (Å²) in [6.45, 7) is 2.60. The predicted octanol–water partition coefficient (Wildman–Crippen LogP) is 3.22. The lowest BCUT2D eigenvalue weighted by atomic mass is 10.0. The van der Waals surface area contributed by atoms with Crippen LogP contribution in [0.3, 0.4) is 0 Å². The fourth-order valence-electron chi connectivity index (χ4n) is 2.16. The van der Waals surface area contributed by atoms with Crippen LogP contribution in [-0.4, -0.2) is 12.6 Å². The van der Waals surface area contributed by atoms with E-state index in [1.165, 1.54) is 0 Å². The number of nitrogens with two attached hydrogens (primary N) is 1. The minimum absolute atomic E-state index is 0.138. The van der Waals surface area contributed by atoms with Crippen LogP contribution in [0.5, 0.6) is 5.75 Å². The lowest BCUT2D eigenvalue weighted by Gasteiger charge is -2.16. The molecule has 0 spiro atoms. The molecule has 0 radical (unpaired) electrons. The third-order valence-corrected chi connectivity index (χ3v) is 3.25. The van der Waals surface area contributed by atoms with Gasteiger partial charge in [-0.3, -0.25) is 4.79 Å². The first-order valence-electron chi connectivity index (χ1n) is 7.37. The fourth-order valence-corrected chi connectivity index (χ4v) is 2.16. The lowest BCUT2D eigenvalue weighted by molar-refractivity contribution is -0.143. The maximum Gasteiger partial charge on any atom is 0.307 e. The van der Waals surface area contributed by atoms with Gasteiger partial charge >= 0.3 is 5.97 Å². The molecule has 2 aromatic rings. The maximum absolute atomic E-state index is 11.6. The lowest BCUT2D eigenvalue weighted by Crippen LogP contribution is -2.18. The molecule has 1 atom stereocenters. The van der Waals surface area contributed by atoms with E-state index in [2.05, 4.69) is 0 Å². The van der Waals surface area contributed by atoms with Gasteiger partial charge in [0.1, 0.15) is 12.4 Å². The van der Waals surface area contributed by atoms with Crippen LogP contribution >= 0.6 is 0 Å². The van der Waals surface area contributed by atoms with Crippen LogP contribution in [0, 0.1) is 0 Å². The quantitative estimate of drug-likeness (QED) is 0.797. The van der Waals surface area contributed by atoms with Gasteiger partial charge in [-0.05, 0) is 18.6 Å². The first kappa shape index (κ1) is 16.0. The molecule has 2 aromatic carbocycles. The Morgan fingerprint density at radius 2 is 1.77 bits per heavy atom. The van der Waals surface area contributed by atoms with E-state index in [0.29, 0.717) is 19.0 Å². The molecule has 4 nitrogen and oxygen atoms in total. The number of hydrogen-bond acceptors (Lipinski definition) is 4. The van der Waals surface area contributed by atoms with Gasteiger partial charge in [0.2, 0.25) is 0 Å². The number of carbonyl (C=O) groups is 1. The van der Waals surface area contributed by atoms with E-state index in [1.54, 1.807) is 6.92 Å². The molecule has 22 heavy (non-hydrogen) atoms. The summed E-state index contributed by atoms with van der Waals surface area (Å²) in [6, 6.07) is 17.0. The van der Waals surface area contributed by atoms with Crippen LogP contribution in [0.25, 0.3) is 0 Å². The molecular formula is C18H21NO3. The normalized spacial score (nSPS) is 11.7. The molecule has 2 N–H and O–H groups in total. The number of benzene rings is 2. The zero-order valence-corrected chi connectivity index (χ0v) is 12.7. The van der Waals surface area contributed by atoms with Crippen molar-refractivity contribution in [2.75, 3.05) is 6.61 Å². The van der Waals surface area contributed by atoms with Gasteiger partial charge in [0, 0.05) is 11.6 Å². The number of ether oxygens (including phenoxy) is 2. The Morgan fingerprint density at radius 3 is 2.50 bits per heavy atom. The summed E-state index contributed by atoms with van der Waals surface area (Å²) in [5, 5.41) is 0. The van der Waals surface area contributed by atoms with Gasteiger partial charge in [-0.15, -0.1) is 0 Å². The molecule has 0 unspecified atom stereocenters. The Hall–Kier alpha value is -2.33. The zero-order valence-electron chi connectivity index (χ0n) is 12.7. The molecule has 0 aliphatic rings. The van der Waals surface area contributed by atoms with Gasteiger partial charge in [-0.25, -0.2) is 0 Å². The highest BCUT2D eigenvalue weighted by atomic mass is 16.5. The van der Waals surface area contributed by atoms with E-state index in [-0.39, 0.29) is 12.4 Å². The minimum Gasteiger partial charge on any atom is -0.489 e. The van der Waals surface area contributed by atoms with Crippen LogP contribution in [0.4, 0.5) is 0 Å². The van der Waals surface area contributed by atoms with Gasteiger partial charge < -0.3 is 15.2 Å². The first-order valence-corrected chi connectivity index (χ1v) is 7.37. The van der Waals surface area contributed by atoms with Crippen molar-refractivity contribution in [2.24, 2.45) is 5.73 Å². The van der Waals surface area contributed by atoms with E-state index in [0.717, 1.165) is 11.1 Å². The number of para-hydroxylation sites is 1. The van der Waals surface area contributed by atoms with Crippen molar-refractivity contribution in [2.45, 2.75) is 26.0 Å². The van der Waals surface area contributed by atoms with Crippen molar-refractivity contribution < 1.29 is 14.3 Å². The Bertz CT molecular complexity index is 598. The second kappa shape index (κ2) is 8.20. The monoisotopic (exact) mass is 299 g/mol. The SMILES string of the molecule is CCOC(=O)C[C@H](N)c1ccccc1OCc1ccccc1. The summed E-state index contributed by atoms with van der Waals surface area (Å²) in [5.41, 5.74) is 8.01. The molecule has 0 fully saturated rings. The van der Waals surface area contributed by atoms with E-state index in [4.69, 9.17) is 15.2 Å². The van der Waals surface area contributed by atoms with Gasteiger partial charge in [-0.2, -0.15) is 0 Å². The summed E-state index contributed by atoms with van der Waals surface area (Å²) in [5.74, 6) is 0.399. The van der Waals surface area contributed by atoms with Crippen LogP contribution in [0.15, 0.2) is 54.6 Å². The van der Waals surface area contributed by atoms with Gasteiger partial charge in [0.05, 0.1) is 13.0 Å². The molecule has 0 heterocycles. The van der Waals surface area contributed by atoms with Crippen LogP contribution in [-0.2, 0) is 16.1 Å². The van der Waals surface area contributed by atoms with Gasteiger partial charge in [0.15, 0.2) is 0 Å². The zero-order chi connectivity index (χ0) is 15.8. The van der Waals surface area contributed by atoms with Crippen molar-refractivity contribution in [3.63, 3.8) is 0 Å². The van der Waals surface area contributed by atoms with Crippen LogP contribution in [0.1, 0.15) is 30.5 Å². The van der Waals surface area contributed by atoms with Crippen molar-refractivity contribution in [3.05, 3.63) is 65.7 Å². The van der Waals surface area contributed by atoms with Crippen molar-refractivity contribution >= 4 is 5.97 Å². The Balaban J connectivity index is 2.04. The molecule has 0 aliphatic heterocycles. The summed E-state index contributed by atoms with van der Waals surface area (Å²) < 4.78 is 10.8.